The molecular formula is C18H15ClN4O2. The Morgan fingerprint density at radius 2 is 1.96 bits per heavy atom. The summed E-state index contributed by atoms with van der Waals surface area (Å²) in [5.41, 5.74) is 7.30. The SMILES string of the molecule is Cc1ccc(NC(=O)/C(C#N)=C\NC(=O)c2ccccc2N)cc1Cl. The minimum absolute atomic E-state index is 0.252. The lowest BCUT2D eigenvalue weighted by Gasteiger charge is -2.07. The number of hydrogen-bond acceptors (Lipinski definition) is 4. The number of carbonyl (C=O) groups excluding carboxylic acids is 2. The van der Waals surface area contributed by atoms with Gasteiger partial charge in [-0.3, -0.25) is 9.59 Å². The minimum atomic E-state index is -0.663. The zero-order valence-electron chi connectivity index (χ0n) is 13.3. The van der Waals surface area contributed by atoms with Gasteiger partial charge in [0.25, 0.3) is 11.8 Å². The maximum Gasteiger partial charge on any atom is 0.267 e. The molecule has 0 aliphatic rings. The fourth-order valence-corrected chi connectivity index (χ4v) is 2.12. The number of nitriles is 1. The molecule has 0 saturated carbocycles. The number of nitrogens with zero attached hydrogens (tertiary/aromatic N) is 1. The van der Waals surface area contributed by atoms with Crippen molar-refractivity contribution in [1.29, 1.82) is 5.26 Å². The van der Waals surface area contributed by atoms with E-state index in [0.717, 1.165) is 11.8 Å². The molecule has 2 aromatic carbocycles. The zero-order valence-corrected chi connectivity index (χ0v) is 14.1. The first-order valence-electron chi connectivity index (χ1n) is 7.25. The molecule has 6 nitrogen and oxygen atoms in total. The van der Waals surface area contributed by atoms with Crippen molar-refractivity contribution in [2.24, 2.45) is 0 Å². The van der Waals surface area contributed by atoms with E-state index in [1.807, 2.05) is 6.92 Å². The average Bonchev–Trinajstić information content (AvgIpc) is 2.59. The first-order chi connectivity index (χ1) is 11.9. The van der Waals surface area contributed by atoms with Crippen LogP contribution in [0.3, 0.4) is 0 Å². The third-order valence-corrected chi connectivity index (χ3v) is 3.75. The molecule has 0 aliphatic carbocycles. The highest BCUT2D eigenvalue weighted by atomic mass is 35.5. The number of hydrogen-bond donors (Lipinski definition) is 3. The molecule has 0 spiro atoms. The number of nitrogens with two attached hydrogens (primary N) is 1. The number of benzene rings is 2. The molecule has 0 heterocycles. The maximum atomic E-state index is 12.1. The third-order valence-electron chi connectivity index (χ3n) is 3.35. The number of aryl methyl sites for hydroxylation is 1. The number of rotatable bonds is 4. The Morgan fingerprint density at radius 3 is 2.60 bits per heavy atom. The van der Waals surface area contributed by atoms with Gasteiger partial charge in [-0.05, 0) is 36.8 Å². The summed E-state index contributed by atoms with van der Waals surface area (Å²) in [6.07, 6.45) is 1.04. The molecule has 126 valence electrons. The summed E-state index contributed by atoms with van der Waals surface area (Å²) in [4.78, 5) is 24.2. The monoisotopic (exact) mass is 354 g/mol. The van der Waals surface area contributed by atoms with Crippen LogP contribution < -0.4 is 16.4 Å². The fourth-order valence-electron chi connectivity index (χ4n) is 1.94. The summed E-state index contributed by atoms with van der Waals surface area (Å²) in [7, 11) is 0. The highest BCUT2D eigenvalue weighted by Crippen LogP contribution is 2.20. The van der Waals surface area contributed by atoms with Crippen LogP contribution in [0, 0.1) is 18.3 Å². The average molecular weight is 355 g/mol. The Balaban J connectivity index is 2.10. The summed E-state index contributed by atoms with van der Waals surface area (Å²) in [6.45, 7) is 1.83. The molecule has 2 amide bonds. The van der Waals surface area contributed by atoms with Crippen LogP contribution in [0.15, 0.2) is 54.2 Å². The second-order valence-electron chi connectivity index (χ2n) is 5.15. The molecular weight excluding hydrogens is 340 g/mol. The molecule has 2 aromatic rings. The van der Waals surface area contributed by atoms with Crippen molar-refractivity contribution in [2.75, 3.05) is 11.1 Å². The van der Waals surface area contributed by atoms with Crippen LogP contribution >= 0.6 is 11.6 Å². The first kappa shape index (κ1) is 18.0. The van der Waals surface area contributed by atoms with Crippen molar-refractivity contribution in [3.05, 3.63) is 70.4 Å². The normalized spacial score (nSPS) is 10.7. The summed E-state index contributed by atoms with van der Waals surface area (Å²) >= 11 is 6.00. The number of amides is 2. The Bertz CT molecular complexity index is 900. The van der Waals surface area contributed by atoms with Crippen LogP contribution in [0.4, 0.5) is 11.4 Å². The lowest BCUT2D eigenvalue weighted by molar-refractivity contribution is -0.112. The lowest BCUT2D eigenvalue weighted by Crippen LogP contribution is -2.22. The van der Waals surface area contributed by atoms with E-state index in [9.17, 15) is 9.59 Å². The molecule has 4 N–H and O–H groups in total. The maximum absolute atomic E-state index is 12.1. The van der Waals surface area contributed by atoms with Gasteiger partial charge in [0, 0.05) is 22.6 Å². The number of anilines is 2. The van der Waals surface area contributed by atoms with E-state index in [-0.39, 0.29) is 11.1 Å². The van der Waals surface area contributed by atoms with E-state index in [1.165, 1.54) is 0 Å². The van der Waals surface area contributed by atoms with Crippen LogP contribution in [0.2, 0.25) is 5.02 Å². The number of nitrogen functional groups attached to an aromatic ring is 1. The molecule has 0 aliphatic heterocycles. The van der Waals surface area contributed by atoms with Crippen LogP contribution in [0.1, 0.15) is 15.9 Å². The van der Waals surface area contributed by atoms with Gasteiger partial charge in [-0.1, -0.05) is 29.8 Å². The van der Waals surface area contributed by atoms with Crippen molar-refractivity contribution >= 4 is 34.8 Å². The Kier molecular flexibility index (Phi) is 5.77. The molecule has 0 radical (unpaired) electrons. The fraction of sp³-hybridized carbons (Fsp3) is 0.0556. The summed E-state index contributed by atoms with van der Waals surface area (Å²) in [6, 6.07) is 13.2. The van der Waals surface area contributed by atoms with Crippen LogP contribution in [0.5, 0.6) is 0 Å². The van der Waals surface area contributed by atoms with Gasteiger partial charge in [0.1, 0.15) is 11.6 Å². The van der Waals surface area contributed by atoms with E-state index in [1.54, 1.807) is 48.5 Å². The van der Waals surface area contributed by atoms with E-state index < -0.39 is 11.8 Å². The predicted octanol–water partition coefficient (Wildman–Crippen LogP) is 3.01. The molecule has 7 heteroatoms. The van der Waals surface area contributed by atoms with Gasteiger partial charge in [-0.2, -0.15) is 5.26 Å². The molecule has 0 aromatic heterocycles. The topological polar surface area (TPSA) is 108 Å². The molecule has 0 atom stereocenters. The van der Waals surface area contributed by atoms with Gasteiger partial charge in [0.2, 0.25) is 0 Å². The molecule has 0 unspecified atom stereocenters. The number of para-hydroxylation sites is 1. The third kappa shape index (κ3) is 4.59. The Morgan fingerprint density at radius 1 is 1.24 bits per heavy atom. The second-order valence-corrected chi connectivity index (χ2v) is 5.56. The highest BCUT2D eigenvalue weighted by molar-refractivity contribution is 6.31. The van der Waals surface area contributed by atoms with Crippen molar-refractivity contribution in [1.82, 2.24) is 5.32 Å². The van der Waals surface area contributed by atoms with Crippen LogP contribution in [0.25, 0.3) is 0 Å². The number of carbonyl (C=O) groups is 2. The summed E-state index contributed by atoms with van der Waals surface area (Å²) in [5, 5.41) is 14.6. The summed E-state index contributed by atoms with van der Waals surface area (Å²) in [5.74, 6) is -1.18. The first-order valence-corrected chi connectivity index (χ1v) is 7.63. The van der Waals surface area contributed by atoms with Gasteiger partial charge in [-0.25, -0.2) is 0 Å². The van der Waals surface area contributed by atoms with Crippen molar-refractivity contribution in [3.63, 3.8) is 0 Å². The molecule has 0 saturated heterocycles. The van der Waals surface area contributed by atoms with Gasteiger partial charge >= 0.3 is 0 Å². The number of nitrogens with one attached hydrogen (secondary N) is 2. The quantitative estimate of drug-likeness (QED) is 0.445. The lowest BCUT2D eigenvalue weighted by atomic mass is 10.1. The predicted molar refractivity (Wildman–Crippen MR) is 96.8 cm³/mol. The molecule has 0 fully saturated rings. The van der Waals surface area contributed by atoms with Gasteiger partial charge in [0.15, 0.2) is 0 Å². The molecule has 0 bridgehead atoms. The highest BCUT2D eigenvalue weighted by Gasteiger charge is 2.12. The van der Waals surface area contributed by atoms with E-state index in [4.69, 9.17) is 22.6 Å². The van der Waals surface area contributed by atoms with Gasteiger partial charge in [-0.15, -0.1) is 0 Å². The largest absolute Gasteiger partial charge is 0.398 e. The van der Waals surface area contributed by atoms with E-state index in [2.05, 4.69) is 10.6 Å². The van der Waals surface area contributed by atoms with Gasteiger partial charge in [0.05, 0.1) is 5.56 Å². The Labute approximate surface area is 149 Å². The van der Waals surface area contributed by atoms with Crippen molar-refractivity contribution in [3.8, 4) is 6.07 Å². The molecule has 2 rings (SSSR count). The van der Waals surface area contributed by atoms with Crippen molar-refractivity contribution < 1.29 is 9.59 Å². The van der Waals surface area contributed by atoms with Crippen LogP contribution in [-0.4, -0.2) is 11.8 Å². The van der Waals surface area contributed by atoms with E-state index >= 15 is 0 Å². The molecule has 25 heavy (non-hydrogen) atoms. The zero-order chi connectivity index (χ0) is 18.4. The minimum Gasteiger partial charge on any atom is -0.398 e. The van der Waals surface area contributed by atoms with Gasteiger partial charge < -0.3 is 16.4 Å². The number of halogens is 1. The smallest absolute Gasteiger partial charge is 0.267 e. The van der Waals surface area contributed by atoms with E-state index in [0.29, 0.717) is 16.4 Å². The Hall–Kier alpha value is -3.30. The standard InChI is InChI=1S/C18H15ClN4O2/c1-11-6-7-13(8-15(11)19)23-17(24)12(9-20)10-22-18(25)14-4-2-3-5-16(14)21/h2-8,10H,21H2,1H3,(H,22,25)(H,23,24)/b12-10-. The van der Waals surface area contributed by atoms with Crippen LogP contribution in [-0.2, 0) is 4.79 Å². The summed E-state index contributed by atoms with van der Waals surface area (Å²) < 4.78 is 0. The second kappa shape index (κ2) is 7.99. The van der Waals surface area contributed by atoms with Crippen molar-refractivity contribution in [2.45, 2.75) is 6.92 Å².